The van der Waals surface area contributed by atoms with Crippen LogP contribution in [-0.2, 0) is 0 Å². The molecule has 2 aromatic heterocycles. The Hall–Kier alpha value is -3.37. The van der Waals surface area contributed by atoms with E-state index in [1.54, 1.807) is 0 Å². The number of hydrogen-bond donors (Lipinski definition) is 1. The molecule has 0 amide bonds. The summed E-state index contributed by atoms with van der Waals surface area (Å²) in [6.07, 6.45) is 1.83. The van der Waals surface area contributed by atoms with Crippen LogP contribution in [0.15, 0.2) is 84.0 Å². The van der Waals surface area contributed by atoms with Crippen LogP contribution in [0.4, 0.5) is 0 Å². The first-order valence-electron chi connectivity index (χ1n) is 10.7. The normalized spacial score (nSPS) is 12.3. The number of nitrogens with one attached hydrogen (secondary N) is 1. The van der Waals surface area contributed by atoms with Crippen molar-refractivity contribution in [2.24, 2.45) is 0 Å². The number of carbonyl (C=O) groups is 1. The van der Waals surface area contributed by atoms with Crippen LogP contribution < -0.4 is 0 Å². The van der Waals surface area contributed by atoms with Crippen LogP contribution in [0, 0.1) is 20.8 Å². The smallest absolute Gasteiger partial charge is 0.182 e. The van der Waals surface area contributed by atoms with Crippen molar-refractivity contribution in [3.05, 3.63) is 107 Å². The Labute approximate surface area is 191 Å². The lowest BCUT2D eigenvalue weighted by Crippen LogP contribution is -2.10. The standard InChI is InChI=1S/C28H24N2OS/c1-17-13-19(3)26-22(14-17)18(2)15-25(30-26)32-28(20-9-5-4-6-10-20)27(31)23-16-29-24-12-8-7-11-21(23)24/h4-16,28-29H,1-3H3/t28-/m0/s1. The van der Waals surface area contributed by atoms with Gasteiger partial charge in [-0.3, -0.25) is 4.79 Å². The van der Waals surface area contributed by atoms with E-state index in [4.69, 9.17) is 4.98 Å². The molecule has 1 N–H and O–H groups in total. The number of benzene rings is 3. The molecule has 5 rings (SSSR count). The highest BCUT2D eigenvalue weighted by atomic mass is 32.2. The molecule has 0 saturated carbocycles. The predicted molar refractivity (Wildman–Crippen MR) is 134 cm³/mol. The summed E-state index contributed by atoms with van der Waals surface area (Å²) in [5, 5.41) is 2.61. The van der Waals surface area contributed by atoms with Crippen molar-refractivity contribution in [2.45, 2.75) is 31.0 Å². The summed E-state index contributed by atoms with van der Waals surface area (Å²) in [7, 11) is 0. The van der Waals surface area contributed by atoms with Gasteiger partial charge in [0.05, 0.1) is 15.8 Å². The van der Waals surface area contributed by atoms with E-state index < -0.39 is 0 Å². The van der Waals surface area contributed by atoms with Crippen molar-refractivity contribution in [2.75, 3.05) is 0 Å². The van der Waals surface area contributed by atoms with Crippen molar-refractivity contribution in [3.63, 3.8) is 0 Å². The van der Waals surface area contributed by atoms with Crippen LogP contribution in [0.25, 0.3) is 21.8 Å². The molecule has 3 aromatic carbocycles. The van der Waals surface area contributed by atoms with Crippen molar-refractivity contribution in [1.29, 1.82) is 0 Å². The number of Topliss-reactive ketones (excluding diaryl/α,β-unsaturated/α-hetero) is 1. The zero-order chi connectivity index (χ0) is 22.2. The molecule has 0 saturated heterocycles. The maximum absolute atomic E-state index is 13.8. The molecular formula is C28H24N2OS. The summed E-state index contributed by atoms with van der Waals surface area (Å²) in [6.45, 7) is 6.33. The van der Waals surface area contributed by atoms with E-state index in [9.17, 15) is 4.79 Å². The van der Waals surface area contributed by atoms with Gasteiger partial charge in [-0.2, -0.15) is 0 Å². The summed E-state index contributed by atoms with van der Waals surface area (Å²) in [5.74, 6) is 0.0822. The summed E-state index contributed by atoms with van der Waals surface area (Å²) in [6, 6.07) is 24.4. The van der Waals surface area contributed by atoms with E-state index in [1.165, 1.54) is 28.3 Å². The van der Waals surface area contributed by atoms with Crippen LogP contribution in [0.1, 0.15) is 37.9 Å². The molecule has 0 fully saturated rings. The molecule has 0 aliphatic carbocycles. The second kappa shape index (κ2) is 8.29. The summed E-state index contributed by atoms with van der Waals surface area (Å²) in [5.41, 5.74) is 7.24. The molecule has 2 heterocycles. The average molecular weight is 437 g/mol. The van der Waals surface area contributed by atoms with Gasteiger partial charge in [-0.1, -0.05) is 71.9 Å². The number of hydrogen-bond acceptors (Lipinski definition) is 3. The van der Waals surface area contributed by atoms with E-state index >= 15 is 0 Å². The van der Waals surface area contributed by atoms with Crippen LogP contribution in [0.2, 0.25) is 0 Å². The third-order valence-corrected chi connectivity index (χ3v) is 7.04. The second-order valence-electron chi connectivity index (χ2n) is 8.28. The van der Waals surface area contributed by atoms with Crippen LogP contribution in [-0.4, -0.2) is 15.8 Å². The number of fused-ring (bicyclic) bond motifs is 2. The fraction of sp³-hybridized carbons (Fsp3) is 0.143. The van der Waals surface area contributed by atoms with Crippen molar-refractivity contribution in [1.82, 2.24) is 9.97 Å². The Balaban J connectivity index is 1.60. The van der Waals surface area contributed by atoms with Crippen molar-refractivity contribution >= 4 is 39.4 Å². The largest absolute Gasteiger partial charge is 0.360 e. The van der Waals surface area contributed by atoms with Crippen molar-refractivity contribution < 1.29 is 4.79 Å². The minimum Gasteiger partial charge on any atom is -0.360 e. The Morgan fingerprint density at radius 2 is 1.62 bits per heavy atom. The van der Waals surface area contributed by atoms with Gasteiger partial charge in [-0.25, -0.2) is 4.98 Å². The second-order valence-corrected chi connectivity index (χ2v) is 9.40. The maximum atomic E-state index is 13.8. The SMILES string of the molecule is Cc1cc(C)c2nc(S[C@H](C(=O)c3c[nH]c4ccccc34)c3ccccc3)cc(C)c2c1. The Bertz CT molecular complexity index is 1450. The first-order valence-corrected chi connectivity index (χ1v) is 11.6. The number of carbonyl (C=O) groups excluding carboxylic acids is 1. The van der Waals surface area contributed by atoms with Crippen LogP contribution >= 0.6 is 11.8 Å². The third-order valence-electron chi connectivity index (χ3n) is 5.87. The van der Waals surface area contributed by atoms with Gasteiger partial charge < -0.3 is 4.98 Å². The van der Waals surface area contributed by atoms with Gasteiger partial charge in [0.1, 0.15) is 0 Å². The number of para-hydroxylation sites is 1. The summed E-state index contributed by atoms with van der Waals surface area (Å²) < 4.78 is 0. The molecule has 0 unspecified atom stereocenters. The fourth-order valence-corrected chi connectivity index (χ4v) is 5.47. The number of pyridine rings is 1. The maximum Gasteiger partial charge on any atom is 0.182 e. The third kappa shape index (κ3) is 3.71. The molecule has 0 aliphatic rings. The lowest BCUT2D eigenvalue weighted by Gasteiger charge is -2.17. The topological polar surface area (TPSA) is 45.8 Å². The molecule has 0 bridgehead atoms. The number of rotatable bonds is 5. The molecule has 0 aliphatic heterocycles. The van der Waals surface area contributed by atoms with E-state index in [-0.39, 0.29) is 11.0 Å². The van der Waals surface area contributed by atoms with Gasteiger partial charge in [0, 0.05) is 28.0 Å². The quantitative estimate of drug-likeness (QED) is 0.231. The number of aromatic nitrogens is 2. The zero-order valence-electron chi connectivity index (χ0n) is 18.3. The Kier molecular flexibility index (Phi) is 5.32. The van der Waals surface area contributed by atoms with Crippen LogP contribution in [0.5, 0.6) is 0 Å². The van der Waals surface area contributed by atoms with Gasteiger partial charge in [0.2, 0.25) is 0 Å². The summed E-state index contributed by atoms with van der Waals surface area (Å²) in [4.78, 5) is 22.0. The minimum absolute atomic E-state index is 0.0822. The average Bonchev–Trinajstić information content (AvgIpc) is 3.23. The molecule has 3 nitrogen and oxygen atoms in total. The Morgan fingerprint density at radius 3 is 2.44 bits per heavy atom. The number of ketones is 1. The molecule has 1 atom stereocenters. The van der Waals surface area contributed by atoms with Gasteiger partial charge in [-0.15, -0.1) is 0 Å². The summed E-state index contributed by atoms with van der Waals surface area (Å²) >= 11 is 1.52. The molecule has 158 valence electrons. The van der Waals surface area contributed by atoms with Gasteiger partial charge in [-0.05, 0) is 55.7 Å². The van der Waals surface area contributed by atoms with Crippen LogP contribution in [0.3, 0.4) is 0 Å². The molecule has 0 spiro atoms. The fourth-order valence-electron chi connectivity index (χ4n) is 4.31. The first kappa shape index (κ1) is 20.5. The van der Waals surface area contributed by atoms with Crippen molar-refractivity contribution in [3.8, 4) is 0 Å². The van der Waals surface area contributed by atoms with E-state index in [0.29, 0.717) is 5.56 Å². The number of aromatic amines is 1. The lowest BCUT2D eigenvalue weighted by molar-refractivity contribution is 0.0991. The van der Waals surface area contributed by atoms with E-state index in [0.717, 1.165) is 32.6 Å². The van der Waals surface area contributed by atoms with E-state index in [2.05, 4.69) is 44.0 Å². The molecule has 32 heavy (non-hydrogen) atoms. The highest BCUT2D eigenvalue weighted by Crippen LogP contribution is 2.39. The van der Waals surface area contributed by atoms with Gasteiger partial charge in [0.25, 0.3) is 0 Å². The Morgan fingerprint density at radius 1 is 0.875 bits per heavy atom. The lowest BCUT2D eigenvalue weighted by atomic mass is 10.0. The predicted octanol–water partition coefficient (Wildman–Crippen LogP) is 7.36. The molecule has 4 heteroatoms. The van der Waals surface area contributed by atoms with E-state index in [1.807, 2.05) is 60.8 Å². The number of thioether (sulfide) groups is 1. The highest BCUT2D eigenvalue weighted by molar-refractivity contribution is 8.00. The monoisotopic (exact) mass is 436 g/mol. The molecule has 0 radical (unpaired) electrons. The highest BCUT2D eigenvalue weighted by Gasteiger charge is 2.26. The molecular weight excluding hydrogens is 412 g/mol. The number of aryl methyl sites for hydroxylation is 3. The minimum atomic E-state index is -0.384. The molecule has 5 aromatic rings. The van der Waals surface area contributed by atoms with Gasteiger partial charge in [0.15, 0.2) is 5.78 Å². The first-order chi connectivity index (χ1) is 15.5. The number of nitrogens with zero attached hydrogens (tertiary/aromatic N) is 1. The number of H-pyrrole nitrogens is 1. The van der Waals surface area contributed by atoms with Gasteiger partial charge >= 0.3 is 0 Å². The zero-order valence-corrected chi connectivity index (χ0v) is 19.2.